The first-order valence-corrected chi connectivity index (χ1v) is 4.22. The van der Waals surface area contributed by atoms with Crippen LogP contribution in [0.3, 0.4) is 0 Å². The summed E-state index contributed by atoms with van der Waals surface area (Å²) in [5.74, 6) is 0.0341. The van der Waals surface area contributed by atoms with Gasteiger partial charge in [0.2, 0.25) is 0 Å². The van der Waals surface area contributed by atoms with E-state index in [1.165, 1.54) is 0 Å². The highest BCUT2D eigenvalue weighted by Crippen LogP contribution is 2.32. The van der Waals surface area contributed by atoms with Gasteiger partial charge >= 0.3 is 0 Å². The van der Waals surface area contributed by atoms with Crippen molar-refractivity contribution in [1.82, 2.24) is 0 Å². The summed E-state index contributed by atoms with van der Waals surface area (Å²) >= 11 is 0. The number of rotatable bonds is 3. The zero-order valence-electron chi connectivity index (χ0n) is 7.46. The summed E-state index contributed by atoms with van der Waals surface area (Å²) in [6.45, 7) is 6.36. The molecule has 0 fully saturated rings. The Kier molecular flexibility index (Phi) is 2.42. The van der Waals surface area contributed by atoms with Gasteiger partial charge < -0.3 is 9.47 Å². The Morgan fingerprint density at radius 3 is 2.18 bits per heavy atom. The minimum absolute atomic E-state index is 0.366. The van der Waals surface area contributed by atoms with Gasteiger partial charge in [0.1, 0.15) is 12.5 Å². The molecule has 64 valence electrons. The standard InChI is InChI=1S/C9H16O2/c1-4-5-9(8(2)3)10-6-7-11-9/h6-8H,4-5H2,1-3H3. The van der Waals surface area contributed by atoms with E-state index in [4.69, 9.17) is 9.47 Å². The summed E-state index contributed by atoms with van der Waals surface area (Å²) in [6, 6.07) is 0. The largest absolute Gasteiger partial charge is 0.457 e. The molecule has 0 spiro atoms. The van der Waals surface area contributed by atoms with E-state index in [1.807, 2.05) is 0 Å². The fourth-order valence-electron chi connectivity index (χ4n) is 1.34. The lowest BCUT2D eigenvalue weighted by Crippen LogP contribution is -2.35. The SMILES string of the molecule is CCCC1(C(C)C)OC=CO1. The van der Waals surface area contributed by atoms with Gasteiger partial charge in [-0.2, -0.15) is 0 Å². The molecule has 0 N–H and O–H groups in total. The first-order chi connectivity index (χ1) is 5.21. The van der Waals surface area contributed by atoms with Crippen LogP contribution in [0.1, 0.15) is 33.6 Å². The van der Waals surface area contributed by atoms with Crippen molar-refractivity contribution in [2.24, 2.45) is 5.92 Å². The second-order valence-electron chi connectivity index (χ2n) is 3.22. The topological polar surface area (TPSA) is 18.5 Å². The van der Waals surface area contributed by atoms with Crippen LogP contribution in [-0.2, 0) is 9.47 Å². The van der Waals surface area contributed by atoms with E-state index in [1.54, 1.807) is 12.5 Å². The molecule has 0 aliphatic carbocycles. The predicted octanol–water partition coefficient (Wildman–Crippen LogP) is 2.66. The van der Waals surface area contributed by atoms with Gasteiger partial charge in [-0.25, -0.2) is 0 Å². The molecule has 1 rings (SSSR count). The number of ether oxygens (including phenoxy) is 2. The van der Waals surface area contributed by atoms with Gasteiger partial charge in [-0.05, 0) is 6.42 Å². The smallest absolute Gasteiger partial charge is 0.252 e. The maximum absolute atomic E-state index is 5.44. The molecule has 0 bridgehead atoms. The maximum Gasteiger partial charge on any atom is 0.252 e. The lowest BCUT2D eigenvalue weighted by Gasteiger charge is -2.31. The van der Waals surface area contributed by atoms with E-state index >= 15 is 0 Å². The predicted molar refractivity (Wildman–Crippen MR) is 43.8 cm³/mol. The summed E-state index contributed by atoms with van der Waals surface area (Å²) in [5.41, 5.74) is 0. The molecule has 0 aromatic rings. The third kappa shape index (κ3) is 1.50. The van der Waals surface area contributed by atoms with Crippen LogP contribution < -0.4 is 0 Å². The molecular formula is C9H16O2. The van der Waals surface area contributed by atoms with Crippen molar-refractivity contribution in [3.05, 3.63) is 12.5 Å². The molecule has 11 heavy (non-hydrogen) atoms. The monoisotopic (exact) mass is 156 g/mol. The van der Waals surface area contributed by atoms with E-state index in [0.717, 1.165) is 12.8 Å². The molecule has 1 aliphatic heterocycles. The Morgan fingerprint density at radius 2 is 1.82 bits per heavy atom. The van der Waals surface area contributed by atoms with Crippen molar-refractivity contribution in [2.75, 3.05) is 0 Å². The molecule has 0 amide bonds. The van der Waals surface area contributed by atoms with Gasteiger partial charge in [-0.15, -0.1) is 0 Å². The molecule has 0 unspecified atom stereocenters. The minimum Gasteiger partial charge on any atom is -0.457 e. The molecular weight excluding hydrogens is 140 g/mol. The highest BCUT2D eigenvalue weighted by molar-refractivity contribution is 4.85. The molecule has 2 nitrogen and oxygen atoms in total. The van der Waals surface area contributed by atoms with Crippen LogP contribution in [0, 0.1) is 5.92 Å². The molecule has 0 atom stereocenters. The summed E-state index contributed by atoms with van der Waals surface area (Å²) in [7, 11) is 0. The van der Waals surface area contributed by atoms with Crippen LogP contribution >= 0.6 is 0 Å². The van der Waals surface area contributed by atoms with Crippen molar-refractivity contribution >= 4 is 0 Å². The van der Waals surface area contributed by atoms with Crippen molar-refractivity contribution < 1.29 is 9.47 Å². The van der Waals surface area contributed by atoms with Gasteiger partial charge in [-0.3, -0.25) is 0 Å². The summed E-state index contributed by atoms with van der Waals surface area (Å²) in [5, 5.41) is 0. The van der Waals surface area contributed by atoms with Gasteiger partial charge in [-0.1, -0.05) is 20.8 Å². The zero-order valence-corrected chi connectivity index (χ0v) is 7.46. The van der Waals surface area contributed by atoms with Crippen LogP contribution in [0.4, 0.5) is 0 Å². The second kappa shape index (κ2) is 3.16. The van der Waals surface area contributed by atoms with Crippen LogP contribution in [-0.4, -0.2) is 5.79 Å². The third-order valence-electron chi connectivity index (χ3n) is 2.07. The lowest BCUT2D eigenvalue weighted by atomic mass is 9.98. The van der Waals surface area contributed by atoms with E-state index < -0.39 is 0 Å². The molecule has 0 saturated heterocycles. The highest BCUT2D eigenvalue weighted by Gasteiger charge is 2.38. The van der Waals surface area contributed by atoms with Crippen molar-refractivity contribution in [3.8, 4) is 0 Å². The van der Waals surface area contributed by atoms with Gasteiger partial charge in [0, 0.05) is 12.3 Å². The van der Waals surface area contributed by atoms with Crippen LogP contribution in [0.2, 0.25) is 0 Å². The van der Waals surface area contributed by atoms with E-state index in [9.17, 15) is 0 Å². The molecule has 0 aromatic heterocycles. The van der Waals surface area contributed by atoms with Crippen molar-refractivity contribution in [1.29, 1.82) is 0 Å². The average Bonchev–Trinajstić information content (AvgIpc) is 2.38. The van der Waals surface area contributed by atoms with Crippen LogP contribution in [0.15, 0.2) is 12.5 Å². The summed E-state index contributed by atoms with van der Waals surface area (Å²) in [6.07, 6.45) is 5.31. The first kappa shape index (κ1) is 8.44. The summed E-state index contributed by atoms with van der Waals surface area (Å²) < 4.78 is 10.9. The molecule has 0 saturated carbocycles. The minimum atomic E-state index is -0.366. The Labute approximate surface area is 68.2 Å². The molecule has 2 heteroatoms. The molecule has 0 radical (unpaired) electrons. The number of hydrogen-bond donors (Lipinski definition) is 0. The number of hydrogen-bond acceptors (Lipinski definition) is 2. The fourth-order valence-corrected chi connectivity index (χ4v) is 1.34. The zero-order chi connectivity index (χ0) is 8.32. The Bertz CT molecular complexity index is 142. The second-order valence-corrected chi connectivity index (χ2v) is 3.22. The molecule has 1 aliphatic rings. The van der Waals surface area contributed by atoms with E-state index in [-0.39, 0.29) is 5.79 Å². The van der Waals surface area contributed by atoms with Crippen LogP contribution in [0.25, 0.3) is 0 Å². The first-order valence-electron chi connectivity index (χ1n) is 4.22. The van der Waals surface area contributed by atoms with Crippen molar-refractivity contribution in [2.45, 2.75) is 39.4 Å². The third-order valence-corrected chi connectivity index (χ3v) is 2.07. The Hall–Kier alpha value is -0.660. The van der Waals surface area contributed by atoms with Gasteiger partial charge in [0.25, 0.3) is 5.79 Å². The molecule has 0 aromatic carbocycles. The lowest BCUT2D eigenvalue weighted by molar-refractivity contribution is -0.178. The van der Waals surface area contributed by atoms with E-state index in [0.29, 0.717) is 5.92 Å². The molecule has 1 heterocycles. The Balaban J connectivity index is 2.57. The Morgan fingerprint density at radius 1 is 1.27 bits per heavy atom. The highest BCUT2D eigenvalue weighted by atomic mass is 16.7. The quantitative estimate of drug-likeness (QED) is 0.625. The van der Waals surface area contributed by atoms with Gasteiger partial charge in [0.15, 0.2) is 0 Å². The van der Waals surface area contributed by atoms with Crippen LogP contribution in [0.5, 0.6) is 0 Å². The van der Waals surface area contributed by atoms with Gasteiger partial charge in [0.05, 0.1) is 0 Å². The van der Waals surface area contributed by atoms with Crippen molar-refractivity contribution in [3.63, 3.8) is 0 Å². The van der Waals surface area contributed by atoms with E-state index in [2.05, 4.69) is 20.8 Å². The fraction of sp³-hybridized carbons (Fsp3) is 0.778. The normalized spacial score (nSPS) is 20.0. The maximum atomic E-state index is 5.44. The summed E-state index contributed by atoms with van der Waals surface area (Å²) in [4.78, 5) is 0. The average molecular weight is 156 g/mol.